The Balaban J connectivity index is 2.13. The highest BCUT2D eigenvalue weighted by Gasteiger charge is 2.30. The number of rotatable bonds is 1. The molecular formula is C15H7F6N. The van der Waals surface area contributed by atoms with Crippen LogP contribution in [0, 0.1) is 17.5 Å². The average Bonchev–Trinajstić information content (AvgIpc) is 2.86. The Kier molecular flexibility index (Phi) is 3.16. The van der Waals surface area contributed by atoms with E-state index in [2.05, 4.69) is 4.98 Å². The molecule has 2 aromatic carbocycles. The molecule has 0 aliphatic rings. The summed E-state index contributed by atoms with van der Waals surface area (Å²) in [6.07, 6.45) is -4.49. The number of nitrogens with one attached hydrogen (secondary N) is 1. The summed E-state index contributed by atoms with van der Waals surface area (Å²) in [5.41, 5.74) is -0.492. The summed E-state index contributed by atoms with van der Waals surface area (Å²) in [6.45, 7) is 0. The predicted octanol–water partition coefficient (Wildman–Crippen LogP) is 5.27. The lowest BCUT2D eigenvalue weighted by atomic mass is 10.1. The lowest BCUT2D eigenvalue weighted by Gasteiger charge is -2.05. The summed E-state index contributed by atoms with van der Waals surface area (Å²) in [4.78, 5) is 2.64. The smallest absolute Gasteiger partial charge is 0.355 e. The molecule has 0 spiro atoms. The molecule has 114 valence electrons. The Hall–Kier alpha value is -2.44. The van der Waals surface area contributed by atoms with Crippen LogP contribution in [0.15, 0.2) is 36.4 Å². The molecule has 0 aliphatic heterocycles. The molecule has 0 saturated carbocycles. The molecule has 1 heterocycles. The van der Waals surface area contributed by atoms with Gasteiger partial charge >= 0.3 is 6.18 Å². The molecular weight excluding hydrogens is 308 g/mol. The fourth-order valence-corrected chi connectivity index (χ4v) is 2.17. The molecule has 0 amide bonds. The zero-order valence-electron chi connectivity index (χ0n) is 10.7. The van der Waals surface area contributed by atoms with E-state index in [9.17, 15) is 26.3 Å². The van der Waals surface area contributed by atoms with Gasteiger partial charge in [0.05, 0.1) is 5.56 Å². The van der Waals surface area contributed by atoms with Crippen molar-refractivity contribution in [3.8, 4) is 11.3 Å². The number of hydrogen-bond donors (Lipinski definition) is 1. The maximum Gasteiger partial charge on any atom is 0.416 e. The van der Waals surface area contributed by atoms with Crippen LogP contribution in [0.1, 0.15) is 5.56 Å². The van der Waals surface area contributed by atoms with Gasteiger partial charge in [-0.3, -0.25) is 0 Å². The van der Waals surface area contributed by atoms with Crippen molar-refractivity contribution in [2.45, 2.75) is 6.18 Å². The van der Waals surface area contributed by atoms with Gasteiger partial charge in [0.1, 0.15) is 0 Å². The minimum atomic E-state index is -4.49. The highest BCUT2D eigenvalue weighted by molar-refractivity contribution is 5.86. The lowest BCUT2D eigenvalue weighted by Crippen LogP contribution is -2.03. The van der Waals surface area contributed by atoms with E-state index in [-0.39, 0.29) is 16.8 Å². The molecule has 1 nitrogen and oxygen atoms in total. The molecule has 1 N–H and O–H groups in total. The molecule has 0 unspecified atom stereocenters. The van der Waals surface area contributed by atoms with Gasteiger partial charge in [0, 0.05) is 22.2 Å². The van der Waals surface area contributed by atoms with E-state index in [1.807, 2.05) is 0 Å². The SMILES string of the molecule is Fc1cc(-c2cc3ccc(C(F)(F)F)cc3[nH]2)cc(F)c1F. The molecule has 22 heavy (non-hydrogen) atoms. The van der Waals surface area contributed by atoms with Gasteiger partial charge in [0.25, 0.3) is 0 Å². The summed E-state index contributed by atoms with van der Waals surface area (Å²) in [6, 6.07) is 6.03. The van der Waals surface area contributed by atoms with Crippen LogP contribution in [0.2, 0.25) is 0 Å². The van der Waals surface area contributed by atoms with Crippen molar-refractivity contribution >= 4 is 10.9 Å². The van der Waals surface area contributed by atoms with E-state index in [0.29, 0.717) is 5.39 Å². The number of aromatic amines is 1. The number of aromatic nitrogens is 1. The average molecular weight is 315 g/mol. The molecule has 0 aliphatic carbocycles. The van der Waals surface area contributed by atoms with Crippen LogP contribution in [-0.4, -0.2) is 4.98 Å². The molecule has 0 fully saturated rings. The van der Waals surface area contributed by atoms with Crippen LogP contribution in [0.5, 0.6) is 0 Å². The maximum atomic E-state index is 13.2. The minimum Gasteiger partial charge on any atom is -0.355 e. The van der Waals surface area contributed by atoms with Crippen molar-refractivity contribution in [1.82, 2.24) is 4.98 Å². The van der Waals surface area contributed by atoms with E-state index in [1.54, 1.807) is 0 Å². The minimum absolute atomic E-state index is 0.00107. The van der Waals surface area contributed by atoms with Gasteiger partial charge in [-0.05, 0) is 30.3 Å². The molecule has 1 aromatic heterocycles. The predicted molar refractivity (Wildman–Crippen MR) is 68.6 cm³/mol. The lowest BCUT2D eigenvalue weighted by molar-refractivity contribution is -0.137. The Bertz CT molecular complexity index is 839. The van der Waals surface area contributed by atoms with Crippen LogP contribution < -0.4 is 0 Å². The second-order valence-electron chi connectivity index (χ2n) is 4.74. The van der Waals surface area contributed by atoms with E-state index < -0.39 is 29.2 Å². The Morgan fingerprint density at radius 3 is 2.05 bits per heavy atom. The highest BCUT2D eigenvalue weighted by atomic mass is 19.4. The molecule has 3 rings (SSSR count). The number of fused-ring (bicyclic) bond motifs is 1. The normalized spacial score (nSPS) is 12.1. The van der Waals surface area contributed by atoms with Crippen LogP contribution >= 0.6 is 0 Å². The molecule has 3 aromatic rings. The van der Waals surface area contributed by atoms with E-state index in [0.717, 1.165) is 24.3 Å². The first-order chi connectivity index (χ1) is 10.3. The van der Waals surface area contributed by atoms with Crippen LogP contribution in [0.3, 0.4) is 0 Å². The largest absolute Gasteiger partial charge is 0.416 e. The third-order valence-corrected chi connectivity index (χ3v) is 3.24. The summed E-state index contributed by atoms with van der Waals surface area (Å²) < 4.78 is 77.3. The number of hydrogen-bond acceptors (Lipinski definition) is 0. The van der Waals surface area contributed by atoms with Gasteiger partial charge in [0.15, 0.2) is 17.5 Å². The van der Waals surface area contributed by atoms with Crippen molar-refractivity contribution in [3.63, 3.8) is 0 Å². The van der Waals surface area contributed by atoms with Crippen LogP contribution in [0.25, 0.3) is 22.2 Å². The van der Waals surface area contributed by atoms with E-state index in [4.69, 9.17) is 0 Å². The number of alkyl halides is 3. The number of benzene rings is 2. The fraction of sp³-hybridized carbons (Fsp3) is 0.0667. The van der Waals surface area contributed by atoms with Crippen molar-refractivity contribution < 1.29 is 26.3 Å². The zero-order chi connectivity index (χ0) is 16.1. The van der Waals surface area contributed by atoms with Crippen LogP contribution in [-0.2, 0) is 6.18 Å². The summed E-state index contributed by atoms with van der Waals surface area (Å²) in [5, 5.41) is 0.438. The van der Waals surface area contributed by atoms with Crippen molar-refractivity contribution in [2.24, 2.45) is 0 Å². The van der Waals surface area contributed by atoms with Gasteiger partial charge < -0.3 is 4.98 Å². The number of H-pyrrole nitrogens is 1. The first-order valence-electron chi connectivity index (χ1n) is 6.10. The van der Waals surface area contributed by atoms with Gasteiger partial charge in [-0.1, -0.05) is 6.07 Å². The molecule has 0 saturated heterocycles. The Labute approximate surface area is 120 Å². The standard InChI is InChI=1S/C15H7F6N/c16-10-3-8(4-11(17)14(10)18)12-5-7-1-2-9(15(19,20)21)6-13(7)22-12/h1-6,22H. The monoisotopic (exact) mass is 315 g/mol. The summed E-state index contributed by atoms with van der Waals surface area (Å²) in [5.74, 6) is -4.34. The molecule has 0 bridgehead atoms. The molecule has 7 heteroatoms. The first kappa shape index (κ1) is 14.5. The van der Waals surface area contributed by atoms with Gasteiger partial charge in [0.2, 0.25) is 0 Å². The second kappa shape index (κ2) is 4.79. The van der Waals surface area contributed by atoms with E-state index >= 15 is 0 Å². The van der Waals surface area contributed by atoms with Crippen LogP contribution in [0.4, 0.5) is 26.3 Å². The van der Waals surface area contributed by atoms with E-state index in [1.165, 1.54) is 12.1 Å². The third kappa shape index (κ3) is 2.43. The topological polar surface area (TPSA) is 15.8 Å². The van der Waals surface area contributed by atoms with Crippen molar-refractivity contribution in [2.75, 3.05) is 0 Å². The summed E-state index contributed by atoms with van der Waals surface area (Å²) >= 11 is 0. The molecule has 0 radical (unpaired) electrons. The van der Waals surface area contributed by atoms with Gasteiger partial charge in [-0.15, -0.1) is 0 Å². The zero-order valence-corrected chi connectivity index (χ0v) is 10.7. The van der Waals surface area contributed by atoms with Crippen molar-refractivity contribution in [3.05, 3.63) is 59.4 Å². The number of halogens is 6. The van der Waals surface area contributed by atoms with Gasteiger partial charge in [-0.2, -0.15) is 13.2 Å². The second-order valence-corrected chi connectivity index (χ2v) is 4.74. The van der Waals surface area contributed by atoms with Crippen molar-refractivity contribution in [1.29, 1.82) is 0 Å². The third-order valence-electron chi connectivity index (χ3n) is 3.24. The van der Waals surface area contributed by atoms with Gasteiger partial charge in [-0.25, -0.2) is 13.2 Å². The highest BCUT2D eigenvalue weighted by Crippen LogP contribution is 2.33. The summed E-state index contributed by atoms with van der Waals surface area (Å²) in [7, 11) is 0. The fourth-order valence-electron chi connectivity index (χ4n) is 2.17. The quantitative estimate of drug-likeness (QED) is 0.465. The Morgan fingerprint density at radius 2 is 1.45 bits per heavy atom. The first-order valence-corrected chi connectivity index (χ1v) is 6.10. The molecule has 0 atom stereocenters. The maximum absolute atomic E-state index is 13.2. The Morgan fingerprint density at radius 1 is 0.818 bits per heavy atom.